The van der Waals surface area contributed by atoms with Crippen LogP contribution in [-0.4, -0.2) is 65.2 Å². The van der Waals surface area contributed by atoms with Crippen molar-refractivity contribution in [2.75, 3.05) is 31.2 Å². The molecule has 6 rings (SSSR count). The lowest BCUT2D eigenvalue weighted by Crippen LogP contribution is -2.37. The molecule has 10 nitrogen and oxygen atoms in total. The molecule has 0 saturated carbocycles. The van der Waals surface area contributed by atoms with Gasteiger partial charge in [-0.1, -0.05) is 19.1 Å². The molecular weight excluding hydrogens is 454 g/mol. The summed E-state index contributed by atoms with van der Waals surface area (Å²) < 4.78 is 11.8. The second kappa shape index (κ2) is 8.70. The zero-order valence-corrected chi connectivity index (χ0v) is 21.4. The van der Waals surface area contributed by atoms with Gasteiger partial charge in [0.2, 0.25) is 5.95 Å². The molecule has 5 aromatic rings. The molecule has 0 bridgehead atoms. The normalized spacial score (nSPS) is 14.6. The minimum absolute atomic E-state index is 0.207. The van der Waals surface area contributed by atoms with Crippen molar-refractivity contribution in [2.45, 2.75) is 40.2 Å². The number of nitrogens with zero attached hydrogens (tertiary/aromatic N) is 9. The van der Waals surface area contributed by atoms with E-state index in [2.05, 4.69) is 52.9 Å². The van der Waals surface area contributed by atoms with Gasteiger partial charge in [0.1, 0.15) is 11.5 Å². The molecule has 0 N–H and O–H groups in total. The molecule has 0 atom stereocenters. The third-order valence-electron chi connectivity index (χ3n) is 6.82. The predicted octanol–water partition coefficient (Wildman–Crippen LogP) is 3.85. The number of imidazole rings is 2. The molecule has 10 heteroatoms. The molecule has 0 aliphatic carbocycles. The summed E-state index contributed by atoms with van der Waals surface area (Å²) in [5.74, 6) is 3.20. The van der Waals surface area contributed by atoms with Gasteiger partial charge in [-0.15, -0.1) is 0 Å². The van der Waals surface area contributed by atoms with Crippen molar-refractivity contribution in [1.82, 2.24) is 38.9 Å². The van der Waals surface area contributed by atoms with Crippen LogP contribution in [0.15, 0.2) is 30.5 Å². The number of hydrogen-bond acceptors (Lipinski definition) is 7. The zero-order valence-electron chi connectivity index (χ0n) is 21.4. The summed E-state index contributed by atoms with van der Waals surface area (Å²) in [4.78, 5) is 22.5. The minimum atomic E-state index is 0.207. The average Bonchev–Trinajstić information content (AvgIpc) is 3.56. The fourth-order valence-electron chi connectivity index (χ4n) is 5.00. The molecule has 186 valence electrons. The van der Waals surface area contributed by atoms with Gasteiger partial charge in [0.05, 0.1) is 30.4 Å². The van der Waals surface area contributed by atoms with Gasteiger partial charge in [-0.05, 0) is 38.5 Å². The molecule has 1 aromatic carbocycles. The van der Waals surface area contributed by atoms with Gasteiger partial charge >= 0.3 is 0 Å². The minimum Gasteiger partial charge on any atom is -0.378 e. The smallest absolute Gasteiger partial charge is 0.239 e. The zero-order chi connectivity index (χ0) is 25.0. The summed E-state index contributed by atoms with van der Waals surface area (Å²) in [7, 11) is 2.02. The number of anilines is 1. The standard InChI is InChI=1S/C26H31N9O/c1-6-20-28-18-9-7-8-10-19(18)34(20)26-30-23-21(24(31-26)33-11-13-36-14-12-33)29-25(32(23)5)22-17(4)15-27-35(22)16(2)3/h7-10,15-16H,6,11-14H2,1-5H3. The number of para-hydroxylation sites is 2. The highest BCUT2D eigenvalue weighted by Crippen LogP contribution is 2.33. The summed E-state index contributed by atoms with van der Waals surface area (Å²) in [5, 5.41) is 4.62. The topological polar surface area (TPSA) is 91.7 Å². The summed E-state index contributed by atoms with van der Waals surface area (Å²) in [6, 6.07) is 8.35. The predicted molar refractivity (Wildman–Crippen MR) is 140 cm³/mol. The lowest BCUT2D eigenvalue weighted by Gasteiger charge is -2.28. The fraction of sp³-hybridized carbons (Fsp3) is 0.423. The Balaban J connectivity index is 1.65. The van der Waals surface area contributed by atoms with Crippen LogP contribution in [0, 0.1) is 6.92 Å². The van der Waals surface area contributed by atoms with Crippen LogP contribution in [0.3, 0.4) is 0 Å². The number of ether oxygens (including phenoxy) is 1. The van der Waals surface area contributed by atoms with Gasteiger partial charge < -0.3 is 14.2 Å². The summed E-state index contributed by atoms with van der Waals surface area (Å²) >= 11 is 0. The molecule has 0 spiro atoms. The molecular formula is C26H31N9O. The van der Waals surface area contributed by atoms with E-state index < -0.39 is 0 Å². The second-order valence-corrected chi connectivity index (χ2v) is 9.53. The van der Waals surface area contributed by atoms with Crippen molar-refractivity contribution in [3.63, 3.8) is 0 Å². The van der Waals surface area contributed by atoms with Crippen LogP contribution in [0.5, 0.6) is 0 Å². The highest BCUT2D eigenvalue weighted by Gasteiger charge is 2.26. The molecule has 0 unspecified atom stereocenters. The van der Waals surface area contributed by atoms with E-state index in [1.165, 1.54) is 0 Å². The van der Waals surface area contributed by atoms with Gasteiger partial charge in [-0.2, -0.15) is 15.1 Å². The quantitative estimate of drug-likeness (QED) is 0.373. The maximum atomic E-state index is 5.64. The van der Waals surface area contributed by atoms with E-state index >= 15 is 0 Å². The van der Waals surface area contributed by atoms with E-state index in [0.29, 0.717) is 19.2 Å². The number of rotatable bonds is 5. The summed E-state index contributed by atoms with van der Waals surface area (Å²) in [6.07, 6.45) is 2.67. The summed E-state index contributed by atoms with van der Waals surface area (Å²) in [6.45, 7) is 11.3. The first-order valence-electron chi connectivity index (χ1n) is 12.6. The molecule has 1 fully saturated rings. The van der Waals surface area contributed by atoms with Crippen molar-refractivity contribution in [1.29, 1.82) is 0 Å². The third kappa shape index (κ3) is 3.47. The van der Waals surface area contributed by atoms with Crippen molar-refractivity contribution in [2.24, 2.45) is 7.05 Å². The Morgan fingerprint density at radius 3 is 2.56 bits per heavy atom. The van der Waals surface area contributed by atoms with Crippen LogP contribution in [0.4, 0.5) is 5.82 Å². The van der Waals surface area contributed by atoms with Crippen molar-refractivity contribution in [3.8, 4) is 17.5 Å². The van der Waals surface area contributed by atoms with E-state index in [1.54, 1.807) is 0 Å². The third-order valence-corrected chi connectivity index (χ3v) is 6.82. The van der Waals surface area contributed by atoms with Gasteiger partial charge in [0.25, 0.3) is 0 Å². The fourth-order valence-corrected chi connectivity index (χ4v) is 5.00. The highest BCUT2D eigenvalue weighted by atomic mass is 16.5. The van der Waals surface area contributed by atoms with Gasteiger partial charge in [-0.3, -0.25) is 9.25 Å². The SMILES string of the molecule is CCc1nc2ccccc2n1-c1nc(N2CCOCC2)c2nc(-c3c(C)cnn3C(C)C)n(C)c2n1. The maximum absolute atomic E-state index is 5.64. The molecule has 1 saturated heterocycles. The number of hydrogen-bond donors (Lipinski definition) is 0. The van der Waals surface area contributed by atoms with Crippen molar-refractivity contribution >= 4 is 28.0 Å². The molecule has 4 aromatic heterocycles. The average molecular weight is 486 g/mol. The number of benzene rings is 1. The first-order chi connectivity index (χ1) is 17.5. The Labute approximate surface area is 209 Å². The highest BCUT2D eigenvalue weighted by molar-refractivity contribution is 5.88. The van der Waals surface area contributed by atoms with Crippen LogP contribution in [0.25, 0.3) is 39.7 Å². The lowest BCUT2D eigenvalue weighted by atomic mass is 10.2. The van der Waals surface area contributed by atoms with E-state index in [1.807, 2.05) is 36.1 Å². The maximum Gasteiger partial charge on any atom is 0.239 e. The van der Waals surface area contributed by atoms with Crippen LogP contribution in [0.1, 0.15) is 38.2 Å². The molecule has 36 heavy (non-hydrogen) atoms. The van der Waals surface area contributed by atoms with Gasteiger partial charge in [0, 0.05) is 32.6 Å². The van der Waals surface area contributed by atoms with Gasteiger partial charge in [-0.25, -0.2) is 9.97 Å². The lowest BCUT2D eigenvalue weighted by molar-refractivity contribution is 0.122. The monoisotopic (exact) mass is 485 g/mol. The Bertz CT molecular complexity index is 1570. The van der Waals surface area contributed by atoms with Crippen molar-refractivity contribution < 1.29 is 4.74 Å². The van der Waals surface area contributed by atoms with E-state index in [4.69, 9.17) is 24.7 Å². The largest absolute Gasteiger partial charge is 0.378 e. The Morgan fingerprint density at radius 2 is 1.81 bits per heavy atom. The molecule has 5 heterocycles. The molecule has 1 aliphatic rings. The van der Waals surface area contributed by atoms with Gasteiger partial charge in [0.15, 0.2) is 22.8 Å². The van der Waals surface area contributed by atoms with Crippen LogP contribution >= 0.6 is 0 Å². The number of morpholine rings is 1. The Morgan fingerprint density at radius 1 is 1.03 bits per heavy atom. The second-order valence-electron chi connectivity index (χ2n) is 9.53. The Hall–Kier alpha value is -3.79. The molecule has 0 radical (unpaired) electrons. The molecule has 1 aliphatic heterocycles. The van der Waals surface area contributed by atoms with Crippen LogP contribution in [0.2, 0.25) is 0 Å². The van der Waals surface area contributed by atoms with Crippen LogP contribution in [-0.2, 0) is 18.2 Å². The van der Waals surface area contributed by atoms with Crippen molar-refractivity contribution in [3.05, 3.63) is 41.9 Å². The Kier molecular flexibility index (Phi) is 5.48. The first kappa shape index (κ1) is 22.7. The first-order valence-corrected chi connectivity index (χ1v) is 12.6. The van der Waals surface area contributed by atoms with E-state index in [-0.39, 0.29) is 6.04 Å². The number of aromatic nitrogens is 8. The van der Waals surface area contributed by atoms with Crippen LogP contribution < -0.4 is 4.90 Å². The number of aryl methyl sites for hydroxylation is 3. The summed E-state index contributed by atoms with van der Waals surface area (Å²) in [5.41, 5.74) is 5.59. The van der Waals surface area contributed by atoms with E-state index in [9.17, 15) is 0 Å². The number of fused-ring (bicyclic) bond motifs is 2. The molecule has 0 amide bonds. The van der Waals surface area contributed by atoms with E-state index in [0.717, 1.165) is 70.4 Å².